The van der Waals surface area contributed by atoms with Gasteiger partial charge < -0.3 is 14.8 Å². The summed E-state index contributed by atoms with van der Waals surface area (Å²) in [5.41, 5.74) is 1.01. The van der Waals surface area contributed by atoms with Crippen LogP contribution in [-0.4, -0.2) is 52.8 Å². The predicted octanol–water partition coefficient (Wildman–Crippen LogP) is 1.42. The Hall–Kier alpha value is -1.78. The molecule has 2 rings (SSSR count). The van der Waals surface area contributed by atoms with Gasteiger partial charge in [-0.1, -0.05) is 6.92 Å². The first-order chi connectivity index (χ1) is 9.70. The Bertz CT molecular complexity index is 442. The molecule has 0 unspecified atom stereocenters. The van der Waals surface area contributed by atoms with E-state index in [9.17, 15) is 9.59 Å². The van der Waals surface area contributed by atoms with Gasteiger partial charge in [0.05, 0.1) is 6.42 Å². The number of nitrogens with one attached hydrogen (secondary N) is 1. The molecule has 1 aromatic rings. The molecule has 0 atom stereocenters. The normalized spacial score (nSPS) is 16.1. The maximum atomic E-state index is 12.2. The summed E-state index contributed by atoms with van der Waals surface area (Å²) in [6, 6.07) is 1.92. The largest absolute Gasteiger partial charge is 0.367 e. The van der Waals surface area contributed by atoms with E-state index in [0.29, 0.717) is 25.9 Å². The Balaban J connectivity index is 1.85. The van der Waals surface area contributed by atoms with Crippen LogP contribution in [0.15, 0.2) is 18.5 Å². The first-order valence-electron chi connectivity index (χ1n) is 7.38. The van der Waals surface area contributed by atoms with Gasteiger partial charge in [0.15, 0.2) is 0 Å². The molecule has 1 aliphatic heterocycles. The Kier molecular flexibility index (Phi) is 5.21. The third-order valence-electron chi connectivity index (χ3n) is 3.68. The molecule has 0 spiro atoms. The summed E-state index contributed by atoms with van der Waals surface area (Å²) in [6.07, 6.45) is 6.48. The highest BCUT2D eigenvalue weighted by Gasteiger charge is 2.21. The van der Waals surface area contributed by atoms with E-state index in [1.54, 1.807) is 0 Å². The molecule has 2 amide bonds. The van der Waals surface area contributed by atoms with Crippen molar-refractivity contribution >= 4 is 11.8 Å². The highest BCUT2D eigenvalue weighted by Crippen LogP contribution is 2.08. The fourth-order valence-electron chi connectivity index (χ4n) is 2.54. The first kappa shape index (κ1) is 14.6. The fraction of sp³-hybridized carbons (Fsp3) is 0.600. The number of hydrogen-bond donors (Lipinski definition) is 1. The molecule has 1 aliphatic rings. The van der Waals surface area contributed by atoms with Crippen molar-refractivity contribution in [2.75, 3.05) is 26.2 Å². The van der Waals surface area contributed by atoms with Crippen LogP contribution in [0.4, 0.5) is 0 Å². The number of nitrogens with zero attached hydrogens (tertiary/aromatic N) is 2. The molecule has 0 aromatic carbocycles. The lowest BCUT2D eigenvalue weighted by molar-refractivity contribution is -0.133. The van der Waals surface area contributed by atoms with Crippen molar-refractivity contribution in [2.45, 2.75) is 32.6 Å². The molecule has 1 N–H and O–H groups in total. The molecular formula is C15H23N3O2. The van der Waals surface area contributed by atoms with E-state index in [4.69, 9.17) is 0 Å². The van der Waals surface area contributed by atoms with Crippen molar-refractivity contribution in [1.29, 1.82) is 0 Å². The van der Waals surface area contributed by atoms with Gasteiger partial charge in [0, 0.05) is 45.0 Å². The fourth-order valence-corrected chi connectivity index (χ4v) is 2.54. The van der Waals surface area contributed by atoms with E-state index in [0.717, 1.165) is 31.5 Å². The summed E-state index contributed by atoms with van der Waals surface area (Å²) in [7, 11) is 0. The zero-order valence-electron chi connectivity index (χ0n) is 12.1. The molecular weight excluding hydrogens is 254 g/mol. The lowest BCUT2D eigenvalue weighted by Gasteiger charge is -2.22. The van der Waals surface area contributed by atoms with Crippen molar-refractivity contribution in [3.8, 4) is 0 Å². The summed E-state index contributed by atoms with van der Waals surface area (Å²) in [6.45, 7) is 4.85. The molecule has 5 nitrogen and oxygen atoms in total. The number of aromatic nitrogens is 1. The van der Waals surface area contributed by atoms with Crippen LogP contribution in [-0.2, 0) is 16.0 Å². The Labute approximate surface area is 119 Å². The topological polar surface area (TPSA) is 56.4 Å². The summed E-state index contributed by atoms with van der Waals surface area (Å²) in [4.78, 5) is 30.9. The van der Waals surface area contributed by atoms with Crippen LogP contribution in [0.2, 0.25) is 0 Å². The van der Waals surface area contributed by atoms with Gasteiger partial charge in [-0.15, -0.1) is 0 Å². The molecule has 5 heteroatoms. The second-order valence-electron chi connectivity index (χ2n) is 5.26. The summed E-state index contributed by atoms with van der Waals surface area (Å²) < 4.78 is 0. The van der Waals surface area contributed by atoms with Crippen LogP contribution in [0.3, 0.4) is 0 Å². The molecule has 0 bridgehead atoms. The monoisotopic (exact) mass is 277 g/mol. The first-order valence-corrected chi connectivity index (χ1v) is 7.38. The van der Waals surface area contributed by atoms with Gasteiger partial charge in [0.1, 0.15) is 0 Å². The van der Waals surface area contributed by atoms with Gasteiger partial charge in [0.25, 0.3) is 0 Å². The van der Waals surface area contributed by atoms with Crippen molar-refractivity contribution < 1.29 is 9.59 Å². The van der Waals surface area contributed by atoms with Crippen LogP contribution in [0.5, 0.6) is 0 Å². The molecule has 0 radical (unpaired) electrons. The quantitative estimate of drug-likeness (QED) is 0.905. The number of rotatable bonds is 4. The average Bonchev–Trinajstić information content (AvgIpc) is 2.80. The van der Waals surface area contributed by atoms with Crippen molar-refractivity contribution in [3.05, 3.63) is 24.0 Å². The third-order valence-corrected chi connectivity index (χ3v) is 3.68. The van der Waals surface area contributed by atoms with Gasteiger partial charge in [-0.2, -0.15) is 0 Å². The number of carbonyl (C=O) groups excluding carboxylic acids is 2. The zero-order chi connectivity index (χ0) is 14.4. The SMILES string of the molecule is CCCC(=O)N1CCCN(C(=O)Cc2cc[nH]c2)CC1. The summed E-state index contributed by atoms with van der Waals surface area (Å²) >= 11 is 0. The Morgan fingerprint density at radius 1 is 1.15 bits per heavy atom. The van der Waals surface area contributed by atoms with E-state index in [1.807, 2.05) is 35.2 Å². The molecule has 0 saturated carbocycles. The van der Waals surface area contributed by atoms with Gasteiger partial charge in [0.2, 0.25) is 11.8 Å². The van der Waals surface area contributed by atoms with Gasteiger partial charge in [-0.3, -0.25) is 9.59 Å². The second kappa shape index (κ2) is 7.12. The minimum absolute atomic E-state index is 0.148. The predicted molar refractivity (Wildman–Crippen MR) is 77.2 cm³/mol. The lowest BCUT2D eigenvalue weighted by Crippen LogP contribution is -2.37. The summed E-state index contributed by atoms with van der Waals surface area (Å²) in [5, 5.41) is 0. The highest BCUT2D eigenvalue weighted by atomic mass is 16.2. The molecule has 1 fully saturated rings. The smallest absolute Gasteiger partial charge is 0.227 e. The third kappa shape index (κ3) is 3.85. The zero-order valence-corrected chi connectivity index (χ0v) is 12.1. The summed E-state index contributed by atoms with van der Waals surface area (Å²) in [5.74, 6) is 0.363. The van der Waals surface area contributed by atoms with Crippen LogP contribution in [0, 0.1) is 0 Å². The van der Waals surface area contributed by atoms with E-state index in [1.165, 1.54) is 0 Å². The van der Waals surface area contributed by atoms with E-state index in [-0.39, 0.29) is 11.8 Å². The van der Waals surface area contributed by atoms with Crippen LogP contribution < -0.4 is 0 Å². The van der Waals surface area contributed by atoms with Gasteiger partial charge in [-0.25, -0.2) is 0 Å². The van der Waals surface area contributed by atoms with Gasteiger partial charge >= 0.3 is 0 Å². The van der Waals surface area contributed by atoms with E-state index in [2.05, 4.69) is 4.98 Å². The lowest BCUT2D eigenvalue weighted by atomic mass is 10.2. The van der Waals surface area contributed by atoms with E-state index < -0.39 is 0 Å². The standard InChI is InChI=1S/C15H23N3O2/c1-2-4-14(19)17-7-3-8-18(10-9-17)15(20)11-13-5-6-16-12-13/h5-6,12,16H,2-4,7-11H2,1H3. The molecule has 110 valence electrons. The number of H-pyrrole nitrogens is 1. The number of amides is 2. The minimum Gasteiger partial charge on any atom is -0.367 e. The van der Waals surface area contributed by atoms with Crippen LogP contribution in [0.1, 0.15) is 31.7 Å². The van der Waals surface area contributed by atoms with Crippen molar-refractivity contribution in [2.24, 2.45) is 0 Å². The average molecular weight is 277 g/mol. The van der Waals surface area contributed by atoms with Crippen molar-refractivity contribution in [1.82, 2.24) is 14.8 Å². The number of aromatic amines is 1. The Morgan fingerprint density at radius 3 is 2.45 bits per heavy atom. The molecule has 2 heterocycles. The molecule has 20 heavy (non-hydrogen) atoms. The van der Waals surface area contributed by atoms with Crippen LogP contribution in [0.25, 0.3) is 0 Å². The Morgan fingerprint density at radius 2 is 1.85 bits per heavy atom. The van der Waals surface area contributed by atoms with Crippen molar-refractivity contribution in [3.63, 3.8) is 0 Å². The van der Waals surface area contributed by atoms with Gasteiger partial charge in [-0.05, 0) is 24.5 Å². The maximum Gasteiger partial charge on any atom is 0.227 e. The minimum atomic E-state index is 0.148. The number of hydrogen-bond acceptors (Lipinski definition) is 2. The molecule has 1 saturated heterocycles. The number of carbonyl (C=O) groups is 2. The van der Waals surface area contributed by atoms with E-state index >= 15 is 0 Å². The second-order valence-corrected chi connectivity index (χ2v) is 5.26. The molecule has 1 aromatic heterocycles. The van der Waals surface area contributed by atoms with Crippen LogP contribution >= 0.6 is 0 Å². The molecule has 0 aliphatic carbocycles. The highest BCUT2D eigenvalue weighted by molar-refractivity contribution is 5.79. The maximum absolute atomic E-state index is 12.2.